The highest BCUT2D eigenvalue weighted by Crippen LogP contribution is 2.43. The molecular formula is C12H20O3Si. The van der Waals surface area contributed by atoms with Crippen LogP contribution in [0.15, 0.2) is 12.2 Å². The Hall–Kier alpha value is -0.453. The lowest BCUT2D eigenvalue weighted by atomic mass is 9.86. The Bertz CT molecular complexity index is 345. The average molecular weight is 240 g/mol. The Morgan fingerprint density at radius 1 is 1.38 bits per heavy atom. The molecule has 90 valence electrons. The quantitative estimate of drug-likeness (QED) is 0.549. The van der Waals surface area contributed by atoms with Crippen LogP contribution in [-0.4, -0.2) is 26.0 Å². The Morgan fingerprint density at radius 3 is 2.56 bits per heavy atom. The van der Waals surface area contributed by atoms with Gasteiger partial charge in [-0.2, -0.15) is 0 Å². The Morgan fingerprint density at radius 2 is 2.00 bits per heavy atom. The molecule has 4 heteroatoms. The van der Waals surface area contributed by atoms with E-state index in [1.165, 1.54) is 0 Å². The van der Waals surface area contributed by atoms with E-state index < -0.39 is 14.1 Å². The van der Waals surface area contributed by atoms with Gasteiger partial charge in [-0.1, -0.05) is 13.0 Å². The second kappa shape index (κ2) is 3.52. The van der Waals surface area contributed by atoms with Crippen molar-refractivity contribution in [1.29, 1.82) is 0 Å². The minimum Gasteiger partial charge on any atom is -0.387 e. The van der Waals surface area contributed by atoms with E-state index in [9.17, 15) is 4.79 Å². The summed E-state index contributed by atoms with van der Waals surface area (Å²) in [5, 5.41) is 0. The van der Waals surface area contributed by atoms with Gasteiger partial charge in [0.2, 0.25) is 0 Å². The summed E-state index contributed by atoms with van der Waals surface area (Å²) in [6, 6.07) is 0. The van der Waals surface area contributed by atoms with Gasteiger partial charge >= 0.3 is 0 Å². The first-order valence-electron chi connectivity index (χ1n) is 5.86. The molecule has 3 nitrogen and oxygen atoms in total. The van der Waals surface area contributed by atoms with Crippen molar-refractivity contribution in [2.75, 3.05) is 0 Å². The van der Waals surface area contributed by atoms with E-state index in [1.54, 1.807) is 0 Å². The molecule has 4 atom stereocenters. The summed E-state index contributed by atoms with van der Waals surface area (Å²) in [5.74, 6) is -0.783. The molecule has 1 saturated heterocycles. The highest BCUT2D eigenvalue weighted by Gasteiger charge is 2.54. The van der Waals surface area contributed by atoms with Gasteiger partial charge in [0.15, 0.2) is 14.1 Å². The summed E-state index contributed by atoms with van der Waals surface area (Å²) in [6.07, 6.45) is 3.83. The second-order valence-corrected chi connectivity index (χ2v) is 10.2. The maximum absolute atomic E-state index is 12.1. The fraction of sp³-hybridized carbons (Fsp3) is 0.750. The van der Waals surface area contributed by atoms with Crippen LogP contribution in [0.4, 0.5) is 0 Å². The van der Waals surface area contributed by atoms with Crippen LogP contribution in [0.3, 0.4) is 0 Å². The molecule has 2 bridgehead atoms. The molecule has 0 aromatic rings. The zero-order valence-electron chi connectivity index (χ0n) is 10.6. The number of ketones is 1. The molecule has 0 aromatic carbocycles. The van der Waals surface area contributed by atoms with E-state index in [0.717, 1.165) is 0 Å². The monoisotopic (exact) mass is 240 g/mol. The number of rotatable bonds is 2. The number of Topliss-reactive ketones (excluding diaryl/α,β-unsaturated/α-hetero) is 1. The third-order valence-electron chi connectivity index (χ3n) is 3.28. The minimum absolute atomic E-state index is 0.0490. The first-order chi connectivity index (χ1) is 7.25. The Kier molecular flexibility index (Phi) is 2.64. The molecule has 16 heavy (non-hydrogen) atoms. The first kappa shape index (κ1) is 12.0. The lowest BCUT2D eigenvalue weighted by Gasteiger charge is -2.43. The number of fused-ring (bicyclic) bond motifs is 2. The summed E-state index contributed by atoms with van der Waals surface area (Å²) in [4.78, 5) is 12.1. The van der Waals surface area contributed by atoms with Gasteiger partial charge in [0.1, 0.15) is 5.78 Å². The summed E-state index contributed by atoms with van der Waals surface area (Å²) in [6.45, 7) is 10.2. The maximum Gasteiger partial charge on any atom is 0.189 e. The van der Waals surface area contributed by atoms with Crippen molar-refractivity contribution in [3.05, 3.63) is 12.2 Å². The fourth-order valence-electron chi connectivity index (χ4n) is 2.41. The third kappa shape index (κ3) is 1.79. The Balaban J connectivity index is 2.29. The maximum atomic E-state index is 12.1. The number of hydrogen-bond acceptors (Lipinski definition) is 3. The molecule has 0 aliphatic carbocycles. The van der Waals surface area contributed by atoms with Crippen molar-refractivity contribution in [3.63, 3.8) is 0 Å². The average Bonchev–Trinajstić information content (AvgIpc) is 2.53. The van der Waals surface area contributed by atoms with E-state index in [1.807, 2.05) is 26.0 Å². The van der Waals surface area contributed by atoms with Crippen molar-refractivity contribution >= 4 is 14.1 Å². The molecule has 0 spiro atoms. The molecule has 2 rings (SSSR count). The summed E-state index contributed by atoms with van der Waals surface area (Å²) >= 11 is 0. The number of hydrogen-bond donors (Lipinski definition) is 0. The molecule has 2 heterocycles. The minimum atomic E-state index is -1.73. The van der Waals surface area contributed by atoms with E-state index in [2.05, 4.69) is 19.6 Å². The molecule has 0 radical (unpaired) electrons. The molecule has 1 fully saturated rings. The number of ether oxygens (including phenoxy) is 1. The smallest absolute Gasteiger partial charge is 0.189 e. The van der Waals surface area contributed by atoms with Crippen molar-refractivity contribution in [2.45, 2.75) is 45.4 Å². The third-order valence-corrected chi connectivity index (χ3v) is 4.21. The van der Waals surface area contributed by atoms with Crippen LogP contribution in [0.2, 0.25) is 19.6 Å². The van der Waals surface area contributed by atoms with E-state index in [0.29, 0.717) is 0 Å². The van der Waals surface area contributed by atoms with Gasteiger partial charge in [0.25, 0.3) is 0 Å². The fourth-order valence-corrected chi connectivity index (χ4v) is 3.66. The van der Waals surface area contributed by atoms with Crippen LogP contribution in [0, 0.1) is 11.8 Å². The van der Waals surface area contributed by atoms with Gasteiger partial charge in [-0.3, -0.25) is 4.79 Å². The highest BCUT2D eigenvalue weighted by atomic mass is 28.4. The lowest BCUT2D eigenvalue weighted by molar-refractivity contribution is -0.218. The Labute approximate surface area is 97.9 Å². The van der Waals surface area contributed by atoms with Gasteiger partial charge in [0.05, 0.1) is 12.0 Å². The molecule has 2 aliphatic rings. The summed E-state index contributed by atoms with van der Waals surface area (Å²) in [7, 11) is -1.73. The molecule has 0 amide bonds. The van der Waals surface area contributed by atoms with Crippen molar-refractivity contribution < 1.29 is 14.0 Å². The van der Waals surface area contributed by atoms with Gasteiger partial charge in [0, 0.05) is 5.92 Å². The van der Waals surface area contributed by atoms with Gasteiger partial charge in [-0.25, -0.2) is 0 Å². The van der Waals surface area contributed by atoms with Gasteiger partial charge < -0.3 is 9.16 Å². The van der Waals surface area contributed by atoms with Crippen molar-refractivity contribution in [1.82, 2.24) is 0 Å². The zero-order chi connectivity index (χ0) is 12.1. The normalized spacial score (nSPS) is 42.8. The van der Waals surface area contributed by atoms with Crippen LogP contribution >= 0.6 is 0 Å². The molecule has 0 aromatic heterocycles. The molecule has 0 saturated carbocycles. The SMILES string of the molecule is C[C@@H]1C(=O)[C@H](C)[C@@H]2C=C[C@@]1(O[Si](C)(C)C)O2. The number of carbonyl (C=O) groups excluding carboxylic acids is 1. The predicted molar refractivity (Wildman–Crippen MR) is 64.5 cm³/mol. The van der Waals surface area contributed by atoms with E-state index >= 15 is 0 Å². The van der Waals surface area contributed by atoms with Crippen LogP contribution in [0.25, 0.3) is 0 Å². The van der Waals surface area contributed by atoms with Crippen LogP contribution < -0.4 is 0 Å². The molecule has 2 aliphatic heterocycles. The largest absolute Gasteiger partial charge is 0.387 e. The zero-order valence-corrected chi connectivity index (χ0v) is 11.6. The first-order valence-corrected chi connectivity index (χ1v) is 9.27. The van der Waals surface area contributed by atoms with Crippen LogP contribution in [-0.2, 0) is 14.0 Å². The lowest BCUT2D eigenvalue weighted by Crippen LogP contribution is -2.55. The topological polar surface area (TPSA) is 35.5 Å². The molecular weight excluding hydrogens is 220 g/mol. The van der Waals surface area contributed by atoms with Crippen LogP contribution in [0.1, 0.15) is 13.8 Å². The van der Waals surface area contributed by atoms with Gasteiger partial charge in [-0.05, 0) is 32.6 Å². The molecule has 0 N–H and O–H groups in total. The number of carbonyl (C=O) groups is 1. The summed E-state index contributed by atoms with van der Waals surface area (Å²) in [5.41, 5.74) is 0. The van der Waals surface area contributed by atoms with E-state index in [4.69, 9.17) is 9.16 Å². The van der Waals surface area contributed by atoms with Gasteiger partial charge in [-0.15, -0.1) is 0 Å². The standard InChI is InChI=1S/C12H20O3Si/c1-8-10-6-7-12(14-10,9(2)11(8)13)15-16(3,4)5/h6-10H,1-5H3/t8-,9-,10+,12+/m1/s1. The second-order valence-electron chi connectivity index (χ2n) is 5.79. The van der Waals surface area contributed by atoms with Crippen molar-refractivity contribution in [2.24, 2.45) is 11.8 Å². The predicted octanol–water partition coefficient (Wildman–Crippen LogP) is 2.34. The van der Waals surface area contributed by atoms with Crippen LogP contribution in [0.5, 0.6) is 0 Å². The summed E-state index contributed by atoms with van der Waals surface area (Å²) < 4.78 is 12.0. The molecule has 0 unspecified atom stereocenters. The van der Waals surface area contributed by atoms with Crippen molar-refractivity contribution in [3.8, 4) is 0 Å². The van der Waals surface area contributed by atoms with E-state index in [-0.39, 0.29) is 23.7 Å². The highest BCUT2D eigenvalue weighted by molar-refractivity contribution is 6.69.